The molecule has 0 aliphatic heterocycles. The first-order valence-electron chi connectivity index (χ1n) is 9.20. The number of rotatable bonds is 6. The van der Waals surface area contributed by atoms with E-state index in [0.717, 1.165) is 24.0 Å². The molecule has 0 atom stereocenters. The van der Waals surface area contributed by atoms with Gasteiger partial charge in [-0.25, -0.2) is 0 Å². The fourth-order valence-electron chi connectivity index (χ4n) is 3.26. The van der Waals surface area contributed by atoms with Crippen molar-refractivity contribution in [1.29, 1.82) is 0 Å². The minimum Gasteiger partial charge on any atom is -0.0984 e. The molecule has 0 aliphatic carbocycles. The van der Waals surface area contributed by atoms with E-state index in [2.05, 4.69) is 93.7 Å². The van der Waals surface area contributed by atoms with Crippen molar-refractivity contribution in [3.63, 3.8) is 0 Å². The lowest BCUT2D eigenvalue weighted by atomic mass is 9.93. The van der Waals surface area contributed by atoms with Crippen molar-refractivity contribution in [1.82, 2.24) is 0 Å². The summed E-state index contributed by atoms with van der Waals surface area (Å²) in [4.78, 5) is 0. The second kappa shape index (κ2) is 8.01. The van der Waals surface area contributed by atoms with Gasteiger partial charge in [0.05, 0.1) is 0 Å². The van der Waals surface area contributed by atoms with E-state index in [0.29, 0.717) is 0 Å². The van der Waals surface area contributed by atoms with Crippen molar-refractivity contribution in [2.75, 3.05) is 0 Å². The summed E-state index contributed by atoms with van der Waals surface area (Å²) in [6, 6.07) is 24.1. The summed E-state index contributed by atoms with van der Waals surface area (Å²) in [6.07, 6.45) is 3.84. The maximum Gasteiger partial charge on any atom is -0.00255 e. The Balaban J connectivity index is 1.76. The Bertz CT molecular complexity index is 909. The van der Waals surface area contributed by atoms with Crippen LogP contribution in [-0.2, 0) is 12.8 Å². The molecule has 0 spiro atoms. The molecular formula is C26H26. The predicted octanol–water partition coefficient (Wildman–Crippen LogP) is 7.12. The van der Waals surface area contributed by atoms with Crippen LogP contribution in [-0.4, -0.2) is 0 Å². The van der Waals surface area contributed by atoms with E-state index >= 15 is 0 Å². The smallest absolute Gasteiger partial charge is 0.00255 e. The van der Waals surface area contributed by atoms with Crippen LogP contribution in [0.4, 0.5) is 0 Å². The molecule has 26 heavy (non-hydrogen) atoms. The molecule has 0 heteroatoms. The summed E-state index contributed by atoms with van der Waals surface area (Å²) in [5, 5.41) is 0. The standard InChI is InChI=1S/C26H26/c1-5-21-8-12-24(13-9-21)25-14-10-22(11-15-25)18-20(4)26-16-7-19(3)17-23(26)6-2/h6-17H,2,4-5,18H2,1,3H3. The first kappa shape index (κ1) is 17.9. The molecule has 3 aromatic rings. The molecule has 130 valence electrons. The van der Waals surface area contributed by atoms with E-state index < -0.39 is 0 Å². The van der Waals surface area contributed by atoms with Gasteiger partial charge in [0.25, 0.3) is 0 Å². The molecule has 0 N–H and O–H groups in total. The quantitative estimate of drug-likeness (QED) is 0.449. The lowest BCUT2D eigenvalue weighted by Gasteiger charge is -2.11. The highest BCUT2D eigenvalue weighted by atomic mass is 14.1. The zero-order chi connectivity index (χ0) is 18.5. The van der Waals surface area contributed by atoms with Crippen LogP contribution < -0.4 is 0 Å². The van der Waals surface area contributed by atoms with Crippen LogP contribution in [0.1, 0.15) is 34.7 Å². The number of hydrogen-bond donors (Lipinski definition) is 0. The van der Waals surface area contributed by atoms with E-state index in [9.17, 15) is 0 Å². The van der Waals surface area contributed by atoms with Crippen LogP contribution in [0.5, 0.6) is 0 Å². The van der Waals surface area contributed by atoms with E-state index in [4.69, 9.17) is 0 Å². The fourth-order valence-corrected chi connectivity index (χ4v) is 3.26. The minimum absolute atomic E-state index is 0.846. The van der Waals surface area contributed by atoms with E-state index in [1.807, 2.05) is 6.08 Å². The zero-order valence-electron chi connectivity index (χ0n) is 15.8. The van der Waals surface area contributed by atoms with Gasteiger partial charge in [-0.2, -0.15) is 0 Å². The molecule has 0 unspecified atom stereocenters. The third kappa shape index (κ3) is 4.03. The second-order valence-electron chi connectivity index (χ2n) is 6.82. The SMILES string of the molecule is C=Cc1cc(C)ccc1C(=C)Cc1ccc(-c2ccc(CC)cc2)cc1. The van der Waals surface area contributed by atoms with Crippen molar-refractivity contribution in [3.8, 4) is 11.1 Å². The normalized spacial score (nSPS) is 10.5. The Kier molecular flexibility index (Phi) is 5.53. The number of benzene rings is 3. The monoisotopic (exact) mass is 338 g/mol. The van der Waals surface area contributed by atoms with E-state index in [1.54, 1.807) is 0 Å². The molecule has 3 rings (SSSR count). The van der Waals surface area contributed by atoms with E-state index in [-0.39, 0.29) is 0 Å². The van der Waals surface area contributed by atoms with Crippen LogP contribution in [0, 0.1) is 6.92 Å². The number of allylic oxidation sites excluding steroid dienone is 1. The van der Waals surface area contributed by atoms with Crippen LogP contribution in [0.3, 0.4) is 0 Å². The van der Waals surface area contributed by atoms with Crippen molar-refractivity contribution in [3.05, 3.63) is 108 Å². The van der Waals surface area contributed by atoms with Crippen LogP contribution in [0.2, 0.25) is 0 Å². The van der Waals surface area contributed by atoms with Gasteiger partial charge in [0.1, 0.15) is 0 Å². The van der Waals surface area contributed by atoms with Gasteiger partial charge >= 0.3 is 0 Å². The average Bonchev–Trinajstić information content (AvgIpc) is 2.68. The molecule has 0 aliphatic rings. The summed E-state index contributed by atoms with van der Waals surface area (Å²) >= 11 is 0. The van der Waals surface area contributed by atoms with Gasteiger partial charge in [0.2, 0.25) is 0 Å². The van der Waals surface area contributed by atoms with Gasteiger partial charge in [0.15, 0.2) is 0 Å². The lowest BCUT2D eigenvalue weighted by molar-refractivity contribution is 1.14. The maximum absolute atomic E-state index is 4.31. The molecule has 0 saturated carbocycles. The zero-order valence-corrected chi connectivity index (χ0v) is 15.8. The molecule has 0 nitrogen and oxygen atoms in total. The summed E-state index contributed by atoms with van der Waals surface area (Å²) in [5.74, 6) is 0. The van der Waals surface area contributed by atoms with Crippen LogP contribution in [0.15, 0.2) is 79.9 Å². The van der Waals surface area contributed by atoms with Crippen LogP contribution in [0.25, 0.3) is 22.8 Å². The highest BCUT2D eigenvalue weighted by Gasteiger charge is 2.06. The Morgan fingerprint density at radius 1 is 0.846 bits per heavy atom. The number of aryl methyl sites for hydroxylation is 2. The lowest BCUT2D eigenvalue weighted by Crippen LogP contribution is -1.93. The third-order valence-electron chi connectivity index (χ3n) is 4.87. The molecule has 0 saturated heterocycles. The Labute approximate surface area is 157 Å². The Morgan fingerprint density at radius 2 is 1.42 bits per heavy atom. The summed E-state index contributed by atoms with van der Waals surface area (Å²) < 4.78 is 0. The van der Waals surface area contributed by atoms with Crippen molar-refractivity contribution in [2.24, 2.45) is 0 Å². The summed E-state index contributed by atoms with van der Waals surface area (Å²) in [7, 11) is 0. The van der Waals surface area contributed by atoms with Crippen LogP contribution >= 0.6 is 0 Å². The molecule has 0 fully saturated rings. The molecule has 0 aromatic heterocycles. The van der Waals surface area contributed by atoms with Crippen molar-refractivity contribution < 1.29 is 0 Å². The molecular weight excluding hydrogens is 312 g/mol. The van der Waals surface area contributed by atoms with Crippen molar-refractivity contribution >= 4 is 11.6 Å². The molecule has 0 amide bonds. The second-order valence-corrected chi connectivity index (χ2v) is 6.82. The Morgan fingerprint density at radius 3 is 1.96 bits per heavy atom. The molecule has 3 aromatic carbocycles. The molecule has 0 bridgehead atoms. The summed E-state index contributed by atoms with van der Waals surface area (Å²) in [6.45, 7) is 12.5. The van der Waals surface area contributed by atoms with Gasteiger partial charge in [-0.1, -0.05) is 98.5 Å². The minimum atomic E-state index is 0.846. The Hall–Kier alpha value is -2.86. The first-order valence-corrected chi connectivity index (χ1v) is 9.20. The topological polar surface area (TPSA) is 0 Å². The van der Waals surface area contributed by atoms with Crippen molar-refractivity contribution in [2.45, 2.75) is 26.7 Å². The third-order valence-corrected chi connectivity index (χ3v) is 4.87. The molecule has 0 heterocycles. The highest BCUT2D eigenvalue weighted by molar-refractivity contribution is 5.74. The van der Waals surface area contributed by atoms with Gasteiger partial charge < -0.3 is 0 Å². The largest absolute Gasteiger partial charge is 0.0984 e. The van der Waals surface area contributed by atoms with Gasteiger partial charge in [0, 0.05) is 0 Å². The summed E-state index contributed by atoms with van der Waals surface area (Å²) in [5.41, 5.74) is 9.88. The number of hydrogen-bond acceptors (Lipinski definition) is 0. The van der Waals surface area contributed by atoms with E-state index in [1.165, 1.54) is 33.4 Å². The average molecular weight is 338 g/mol. The van der Waals surface area contributed by atoms with Gasteiger partial charge in [-0.05, 0) is 58.7 Å². The fraction of sp³-hybridized carbons (Fsp3) is 0.154. The molecule has 0 radical (unpaired) electrons. The highest BCUT2D eigenvalue weighted by Crippen LogP contribution is 2.26. The van der Waals surface area contributed by atoms with Gasteiger partial charge in [-0.15, -0.1) is 0 Å². The predicted molar refractivity (Wildman–Crippen MR) is 115 cm³/mol. The first-order chi connectivity index (χ1) is 12.6. The van der Waals surface area contributed by atoms with Gasteiger partial charge in [-0.3, -0.25) is 0 Å². The maximum atomic E-state index is 4.31.